The molecule has 0 bridgehead atoms. The molecule has 1 aliphatic carbocycles. The molecule has 1 unspecified atom stereocenters. The highest BCUT2D eigenvalue weighted by molar-refractivity contribution is 5.94. The van der Waals surface area contributed by atoms with Gasteiger partial charge in [-0.25, -0.2) is 4.98 Å². The third kappa shape index (κ3) is 4.03. The average molecular weight is 364 g/mol. The van der Waals surface area contributed by atoms with Crippen LogP contribution >= 0.6 is 0 Å². The van der Waals surface area contributed by atoms with Crippen LogP contribution < -0.4 is 5.56 Å². The molecule has 0 saturated heterocycles. The van der Waals surface area contributed by atoms with Crippen molar-refractivity contribution < 1.29 is 18.0 Å². The third-order valence-electron chi connectivity index (χ3n) is 4.63. The fourth-order valence-electron chi connectivity index (χ4n) is 3.07. The van der Waals surface area contributed by atoms with Gasteiger partial charge in [-0.1, -0.05) is 13.0 Å². The number of hydrogen-bond donors (Lipinski definition) is 1. The van der Waals surface area contributed by atoms with E-state index in [1.165, 1.54) is 12.1 Å². The fraction of sp³-hybridized carbons (Fsp3) is 0.421. The highest BCUT2D eigenvalue weighted by Crippen LogP contribution is 2.37. The zero-order chi connectivity index (χ0) is 19.1. The summed E-state index contributed by atoms with van der Waals surface area (Å²) in [5, 5.41) is 0. The predicted octanol–water partition coefficient (Wildman–Crippen LogP) is 4.35. The van der Waals surface area contributed by atoms with E-state index in [-0.39, 0.29) is 35.3 Å². The summed E-state index contributed by atoms with van der Waals surface area (Å²) < 4.78 is 38.3. The largest absolute Gasteiger partial charge is 0.416 e. The van der Waals surface area contributed by atoms with Gasteiger partial charge in [-0.3, -0.25) is 9.59 Å². The van der Waals surface area contributed by atoms with Gasteiger partial charge in [0, 0.05) is 18.4 Å². The standard InChI is InChI=1S/C19H19F3N2O2/c1-10-7-13(19(20,21)22)5-6-14(10)11(2)8-16(25)15-9-17(26)24-18(23-15)12-3-4-12/h5-7,9,11-12H,3-4,8H2,1-2H3,(H,23,24,26). The SMILES string of the molecule is Cc1cc(C(F)(F)F)ccc1C(C)CC(=O)c1cc(=O)[nH]c(C2CC2)n1. The Morgan fingerprint density at radius 3 is 2.58 bits per heavy atom. The number of nitrogens with one attached hydrogen (secondary N) is 1. The molecule has 1 fully saturated rings. The number of nitrogens with zero attached hydrogens (tertiary/aromatic N) is 1. The van der Waals surface area contributed by atoms with Crippen LogP contribution in [0.4, 0.5) is 13.2 Å². The van der Waals surface area contributed by atoms with E-state index < -0.39 is 11.7 Å². The van der Waals surface area contributed by atoms with Crippen LogP contribution in [-0.2, 0) is 6.18 Å². The number of hydrogen-bond acceptors (Lipinski definition) is 3. The Hall–Kier alpha value is -2.44. The molecule has 138 valence electrons. The number of aromatic nitrogens is 2. The lowest BCUT2D eigenvalue weighted by atomic mass is 9.90. The van der Waals surface area contributed by atoms with Crippen LogP contribution in [0.1, 0.15) is 71.0 Å². The van der Waals surface area contributed by atoms with Gasteiger partial charge in [0.1, 0.15) is 11.5 Å². The summed E-state index contributed by atoms with van der Waals surface area (Å²) in [4.78, 5) is 31.2. The molecular weight excluding hydrogens is 345 g/mol. The van der Waals surface area contributed by atoms with Gasteiger partial charge in [0.2, 0.25) is 0 Å². The van der Waals surface area contributed by atoms with Crippen LogP contribution in [-0.4, -0.2) is 15.8 Å². The molecule has 1 N–H and O–H groups in total. The molecule has 1 saturated carbocycles. The van der Waals surface area contributed by atoms with Crippen LogP contribution in [0.2, 0.25) is 0 Å². The summed E-state index contributed by atoms with van der Waals surface area (Å²) in [6.45, 7) is 3.38. The van der Waals surface area contributed by atoms with Crippen molar-refractivity contribution in [1.82, 2.24) is 9.97 Å². The molecule has 1 atom stereocenters. The highest BCUT2D eigenvalue weighted by Gasteiger charge is 2.31. The van der Waals surface area contributed by atoms with Gasteiger partial charge in [-0.05, 0) is 48.9 Å². The number of carbonyl (C=O) groups is 1. The van der Waals surface area contributed by atoms with E-state index in [9.17, 15) is 22.8 Å². The van der Waals surface area contributed by atoms with Crippen LogP contribution in [0.15, 0.2) is 29.1 Å². The van der Waals surface area contributed by atoms with Crippen LogP contribution in [0.3, 0.4) is 0 Å². The maximum Gasteiger partial charge on any atom is 0.416 e. The van der Waals surface area contributed by atoms with E-state index in [1.54, 1.807) is 13.8 Å². The van der Waals surface area contributed by atoms with Gasteiger partial charge in [0.15, 0.2) is 5.78 Å². The maximum atomic E-state index is 12.8. The number of halogens is 3. The van der Waals surface area contributed by atoms with Crippen molar-refractivity contribution in [2.24, 2.45) is 0 Å². The Bertz CT molecular complexity index is 898. The van der Waals surface area contributed by atoms with Gasteiger partial charge >= 0.3 is 6.18 Å². The van der Waals surface area contributed by atoms with Gasteiger partial charge in [-0.15, -0.1) is 0 Å². The van der Waals surface area contributed by atoms with Crippen molar-refractivity contribution in [3.05, 3.63) is 62.8 Å². The van der Waals surface area contributed by atoms with Crippen molar-refractivity contribution >= 4 is 5.78 Å². The lowest BCUT2D eigenvalue weighted by Crippen LogP contribution is -2.17. The molecule has 2 aromatic rings. The molecule has 3 rings (SSSR count). The fourth-order valence-corrected chi connectivity index (χ4v) is 3.07. The summed E-state index contributed by atoms with van der Waals surface area (Å²) >= 11 is 0. The number of carbonyl (C=O) groups excluding carboxylic acids is 1. The second-order valence-electron chi connectivity index (χ2n) is 6.89. The Labute approximate surface area is 148 Å². The zero-order valence-electron chi connectivity index (χ0n) is 14.5. The molecular formula is C19H19F3N2O2. The summed E-state index contributed by atoms with van der Waals surface area (Å²) in [5.74, 6) is 0.185. The summed E-state index contributed by atoms with van der Waals surface area (Å²) in [5.41, 5.74) is 0.217. The lowest BCUT2D eigenvalue weighted by Gasteiger charge is -2.16. The zero-order valence-corrected chi connectivity index (χ0v) is 14.5. The molecule has 7 heteroatoms. The number of Topliss-reactive ketones (excluding diaryl/α,β-unsaturated/α-hetero) is 1. The number of aryl methyl sites for hydroxylation is 1. The molecule has 1 aromatic carbocycles. The molecule has 1 aliphatic rings. The van der Waals surface area contributed by atoms with E-state index in [2.05, 4.69) is 9.97 Å². The average Bonchev–Trinajstić information content (AvgIpc) is 3.38. The first-order valence-electron chi connectivity index (χ1n) is 8.47. The quantitative estimate of drug-likeness (QED) is 0.802. The van der Waals surface area contributed by atoms with Crippen LogP contribution in [0, 0.1) is 6.92 Å². The van der Waals surface area contributed by atoms with Crippen LogP contribution in [0.25, 0.3) is 0 Å². The highest BCUT2D eigenvalue weighted by atomic mass is 19.4. The summed E-state index contributed by atoms with van der Waals surface area (Å²) in [6, 6.07) is 4.71. The molecule has 0 amide bonds. The maximum absolute atomic E-state index is 12.8. The minimum Gasteiger partial charge on any atom is -0.310 e. The van der Waals surface area contributed by atoms with Crippen molar-refractivity contribution in [2.75, 3.05) is 0 Å². The lowest BCUT2D eigenvalue weighted by molar-refractivity contribution is -0.137. The van der Waals surface area contributed by atoms with Crippen molar-refractivity contribution in [3.8, 4) is 0 Å². The first kappa shape index (κ1) is 18.4. The van der Waals surface area contributed by atoms with E-state index in [0.29, 0.717) is 17.0 Å². The second-order valence-corrected chi connectivity index (χ2v) is 6.89. The molecule has 4 nitrogen and oxygen atoms in total. The molecule has 1 heterocycles. The molecule has 0 radical (unpaired) electrons. The van der Waals surface area contributed by atoms with Gasteiger partial charge in [-0.2, -0.15) is 13.2 Å². The van der Waals surface area contributed by atoms with Gasteiger partial charge in [0.25, 0.3) is 5.56 Å². The monoisotopic (exact) mass is 364 g/mol. The normalized spacial score (nSPS) is 15.7. The Morgan fingerprint density at radius 2 is 2.00 bits per heavy atom. The van der Waals surface area contributed by atoms with Crippen LogP contribution in [0.5, 0.6) is 0 Å². The van der Waals surface area contributed by atoms with Crippen molar-refractivity contribution in [3.63, 3.8) is 0 Å². The topological polar surface area (TPSA) is 62.8 Å². The third-order valence-corrected chi connectivity index (χ3v) is 4.63. The number of rotatable bonds is 5. The number of benzene rings is 1. The van der Waals surface area contributed by atoms with Gasteiger partial charge in [0.05, 0.1) is 5.56 Å². The summed E-state index contributed by atoms with van der Waals surface area (Å²) in [7, 11) is 0. The van der Waals surface area contributed by atoms with Gasteiger partial charge < -0.3 is 4.98 Å². The van der Waals surface area contributed by atoms with E-state index >= 15 is 0 Å². The Morgan fingerprint density at radius 1 is 1.31 bits per heavy atom. The number of aromatic amines is 1. The first-order valence-corrected chi connectivity index (χ1v) is 8.47. The predicted molar refractivity (Wildman–Crippen MR) is 90.4 cm³/mol. The van der Waals surface area contributed by atoms with E-state index in [0.717, 1.165) is 25.0 Å². The smallest absolute Gasteiger partial charge is 0.310 e. The first-order chi connectivity index (χ1) is 12.1. The van der Waals surface area contributed by atoms with E-state index in [4.69, 9.17) is 0 Å². The Kier molecular flexibility index (Phi) is 4.73. The van der Waals surface area contributed by atoms with Crippen molar-refractivity contribution in [2.45, 2.75) is 51.1 Å². The number of alkyl halides is 3. The molecule has 26 heavy (non-hydrogen) atoms. The van der Waals surface area contributed by atoms with Crippen molar-refractivity contribution in [1.29, 1.82) is 0 Å². The summed E-state index contributed by atoms with van der Waals surface area (Å²) in [6.07, 6.45) is -2.42. The molecule has 1 aromatic heterocycles. The second kappa shape index (κ2) is 6.70. The minimum atomic E-state index is -4.39. The van der Waals surface area contributed by atoms with E-state index in [1.807, 2.05) is 0 Å². The number of ketones is 1. The Balaban J connectivity index is 1.78. The minimum absolute atomic E-state index is 0.0762. The molecule has 0 spiro atoms. The number of H-pyrrole nitrogens is 1. The molecule has 0 aliphatic heterocycles.